The van der Waals surface area contributed by atoms with Gasteiger partial charge in [0, 0.05) is 49.8 Å². The Hall–Kier alpha value is -2.67. The Kier molecular flexibility index (Phi) is 5.17. The SMILES string of the molecule is CC1CCN(C(=O)Cn2cc(/C=C3/C(=O)N(C)C(=S)N3C)c3ccccc32)CC1. The number of fused-ring (bicyclic) bond motifs is 1. The maximum atomic E-state index is 12.9. The summed E-state index contributed by atoms with van der Waals surface area (Å²) in [4.78, 5) is 30.6. The van der Waals surface area contributed by atoms with E-state index in [-0.39, 0.29) is 11.8 Å². The molecule has 6 nitrogen and oxygen atoms in total. The number of rotatable bonds is 3. The molecule has 2 aromatic rings. The average molecular weight is 411 g/mol. The summed E-state index contributed by atoms with van der Waals surface area (Å²) >= 11 is 5.31. The Morgan fingerprint density at radius 2 is 1.86 bits per heavy atom. The van der Waals surface area contributed by atoms with Gasteiger partial charge in [0.15, 0.2) is 5.11 Å². The van der Waals surface area contributed by atoms with Crippen LogP contribution in [0.2, 0.25) is 0 Å². The zero-order valence-corrected chi connectivity index (χ0v) is 17.9. The van der Waals surface area contributed by atoms with Crippen molar-refractivity contribution in [1.29, 1.82) is 0 Å². The molecular weight excluding hydrogens is 384 g/mol. The van der Waals surface area contributed by atoms with Gasteiger partial charge < -0.3 is 14.4 Å². The Morgan fingerprint density at radius 1 is 1.17 bits per heavy atom. The van der Waals surface area contributed by atoms with Gasteiger partial charge in [-0.25, -0.2) is 0 Å². The van der Waals surface area contributed by atoms with Crippen LogP contribution < -0.4 is 0 Å². The summed E-state index contributed by atoms with van der Waals surface area (Å²) in [6.07, 6.45) is 5.96. The molecule has 0 aliphatic carbocycles. The number of benzene rings is 1. The van der Waals surface area contributed by atoms with Crippen LogP contribution >= 0.6 is 12.2 Å². The second-order valence-corrected chi connectivity index (χ2v) is 8.39. The summed E-state index contributed by atoms with van der Waals surface area (Å²) < 4.78 is 1.99. The minimum Gasteiger partial charge on any atom is -0.341 e. The maximum absolute atomic E-state index is 12.9. The van der Waals surface area contributed by atoms with Crippen molar-refractivity contribution in [3.05, 3.63) is 41.7 Å². The first-order valence-corrected chi connectivity index (χ1v) is 10.4. The van der Waals surface area contributed by atoms with Crippen LogP contribution in [0.3, 0.4) is 0 Å². The number of carbonyl (C=O) groups is 2. The number of nitrogens with zero attached hydrogens (tertiary/aromatic N) is 4. The first-order chi connectivity index (χ1) is 13.9. The Balaban J connectivity index is 1.66. The van der Waals surface area contributed by atoms with Crippen LogP contribution in [0, 0.1) is 5.92 Å². The van der Waals surface area contributed by atoms with Gasteiger partial charge in [-0.3, -0.25) is 14.5 Å². The van der Waals surface area contributed by atoms with Crippen molar-refractivity contribution in [2.45, 2.75) is 26.3 Å². The zero-order valence-electron chi connectivity index (χ0n) is 17.1. The van der Waals surface area contributed by atoms with Gasteiger partial charge in [-0.2, -0.15) is 0 Å². The fourth-order valence-electron chi connectivity index (χ4n) is 4.06. The number of hydrogen-bond donors (Lipinski definition) is 0. The summed E-state index contributed by atoms with van der Waals surface area (Å²) in [5.41, 5.74) is 2.44. The standard InChI is InChI=1S/C22H26N4O2S/c1-15-8-10-25(11-9-15)20(27)14-26-13-16(17-6-4-5-7-18(17)26)12-19-21(28)24(3)22(29)23(19)2/h4-7,12-13,15H,8-11,14H2,1-3H3/b19-12-. The van der Waals surface area contributed by atoms with E-state index in [9.17, 15) is 9.59 Å². The number of hydrogen-bond acceptors (Lipinski definition) is 3. The third-order valence-electron chi connectivity index (χ3n) is 6.01. The van der Waals surface area contributed by atoms with E-state index >= 15 is 0 Å². The molecule has 2 aliphatic rings. The van der Waals surface area contributed by atoms with Crippen LogP contribution in [0.25, 0.3) is 17.0 Å². The number of thiocarbonyl (C=S) groups is 1. The third kappa shape index (κ3) is 3.55. The predicted octanol–water partition coefficient (Wildman–Crippen LogP) is 2.93. The summed E-state index contributed by atoms with van der Waals surface area (Å²) in [5.74, 6) is 0.717. The molecule has 152 valence electrons. The molecule has 1 aromatic carbocycles. The zero-order chi connectivity index (χ0) is 20.7. The quantitative estimate of drug-likeness (QED) is 0.577. The van der Waals surface area contributed by atoms with Crippen molar-refractivity contribution in [3.63, 3.8) is 0 Å². The minimum atomic E-state index is -0.118. The van der Waals surface area contributed by atoms with Crippen LogP contribution in [0.4, 0.5) is 0 Å². The first-order valence-electron chi connectivity index (χ1n) is 10.00. The number of likely N-dealkylation sites (N-methyl/N-ethyl adjacent to an activating group) is 2. The van der Waals surface area contributed by atoms with E-state index in [0.29, 0.717) is 23.3 Å². The lowest BCUT2D eigenvalue weighted by atomic mass is 9.99. The lowest BCUT2D eigenvalue weighted by molar-refractivity contribution is -0.133. The molecule has 0 saturated carbocycles. The van der Waals surface area contributed by atoms with Crippen molar-refractivity contribution < 1.29 is 9.59 Å². The highest BCUT2D eigenvalue weighted by Gasteiger charge is 2.33. The van der Waals surface area contributed by atoms with Crippen molar-refractivity contribution in [2.24, 2.45) is 5.92 Å². The molecule has 0 atom stereocenters. The minimum absolute atomic E-state index is 0.118. The largest absolute Gasteiger partial charge is 0.341 e. The lowest BCUT2D eigenvalue weighted by Gasteiger charge is -2.30. The fourth-order valence-corrected chi connectivity index (χ4v) is 4.24. The monoisotopic (exact) mass is 410 g/mol. The molecule has 2 amide bonds. The van der Waals surface area contributed by atoms with E-state index in [0.717, 1.165) is 42.4 Å². The van der Waals surface area contributed by atoms with Crippen molar-refractivity contribution in [2.75, 3.05) is 27.2 Å². The number of para-hydroxylation sites is 1. The molecule has 1 aromatic heterocycles. The highest BCUT2D eigenvalue weighted by atomic mass is 32.1. The van der Waals surface area contributed by atoms with Gasteiger partial charge in [-0.15, -0.1) is 0 Å². The van der Waals surface area contributed by atoms with Crippen LogP contribution in [-0.2, 0) is 16.1 Å². The van der Waals surface area contributed by atoms with Crippen molar-refractivity contribution >= 4 is 46.1 Å². The molecule has 3 heterocycles. The van der Waals surface area contributed by atoms with E-state index in [4.69, 9.17) is 12.2 Å². The van der Waals surface area contributed by atoms with E-state index in [1.807, 2.05) is 46.0 Å². The van der Waals surface area contributed by atoms with Crippen LogP contribution in [0.15, 0.2) is 36.2 Å². The van der Waals surface area contributed by atoms with E-state index in [2.05, 4.69) is 6.92 Å². The van der Waals surface area contributed by atoms with Crippen molar-refractivity contribution in [1.82, 2.24) is 19.3 Å². The van der Waals surface area contributed by atoms with Gasteiger partial charge in [0.2, 0.25) is 5.91 Å². The first kappa shape index (κ1) is 19.6. The summed E-state index contributed by atoms with van der Waals surface area (Å²) in [5, 5.41) is 1.50. The van der Waals surface area contributed by atoms with Gasteiger partial charge in [-0.1, -0.05) is 25.1 Å². The molecule has 0 radical (unpaired) electrons. The molecule has 0 spiro atoms. The van der Waals surface area contributed by atoms with Gasteiger partial charge >= 0.3 is 0 Å². The Morgan fingerprint density at radius 3 is 2.52 bits per heavy atom. The number of amides is 2. The number of aromatic nitrogens is 1. The summed E-state index contributed by atoms with van der Waals surface area (Å²) in [6, 6.07) is 7.98. The van der Waals surface area contributed by atoms with Gasteiger partial charge in [0.1, 0.15) is 12.2 Å². The smallest absolute Gasteiger partial charge is 0.276 e. The van der Waals surface area contributed by atoms with Gasteiger partial charge in [-0.05, 0) is 43.1 Å². The van der Waals surface area contributed by atoms with E-state index in [1.54, 1.807) is 19.0 Å². The molecule has 0 N–H and O–H groups in total. The Bertz CT molecular complexity index is 1020. The molecular formula is C22H26N4O2S. The third-order valence-corrected chi connectivity index (χ3v) is 6.56. The highest BCUT2D eigenvalue weighted by Crippen LogP contribution is 2.27. The Labute approximate surface area is 176 Å². The van der Waals surface area contributed by atoms with Crippen LogP contribution in [0.1, 0.15) is 25.3 Å². The molecule has 29 heavy (non-hydrogen) atoms. The number of piperidine rings is 1. The topological polar surface area (TPSA) is 48.8 Å². The molecule has 2 saturated heterocycles. The second kappa shape index (κ2) is 7.63. The van der Waals surface area contributed by atoms with Gasteiger partial charge in [0.25, 0.3) is 5.91 Å². The molecule has 0 unspecified atom stereocenters. The molecule has 7 heteroatoms. The summed E-state index contributed by atoms with van der Waals surface area (Å²) in [6.45, 7) is 4.21. The predicted molar refractivity (Wildman–Crippen MR) is 118 cm³/mol. The molecule has 2 fully saturated rings. The molecule has 4 rings (SSSR count). The van der Waals surface area contributed by atoms with Crippen LogP contribution in [0.5, 0.6) is 0 Å². The molecule has 2 aliphatic heterocycles. The molecule has 0 bridgehead atoms. The van der Waals surface area contributed by atoms with Crippen LogP contribution in [-0.4, -0.2) is 63.4 Å². The lowest BCUT2D eigenvalue weighted by Crippen LogP contribution is -2.39. The average Bonchev–Trinajstić information content (AvgIpc) is 3.15. The van der Waals surface area contributed by atoms with E-state index < -0.39 is 0 Å². The second-order valence-electron chi connectivity index (χ2n) is 8.03. The van der Waals surface area contributed by atoms with E-state index in [1.165, 1.54) is 4.90 Å². The normalized spacial score (nSPS) is 19.8. The maximum Gasteiger partial charge on any atom is 0.276 e. The number of carbonyl (C=O) groups excluding carboxylic acids is 2. The highest BCUT2D eigenvalue weighted by molar-refractivity contribution is 7.80. The fraction of sp³-hybridized carbons (Fsp3) is 0.409. The van der Waals surface area contributed by atoms with Crippen molar-refractivity contribution in [3.8, 4) is 0 Å². The summed E-state index contributed by atoms with van der Waals surface area (Å²) in [7, 11) is 3.49. The number of likely N-dealkylation sites (tertiary alicyclic amines) is 1. The van der Waals surface area contributed by atoms with Gasteiger partial charge in [0.05, 0.1) is 0 Å².